The second kappa shape index (κ2) is 6.29. The molecule has 5 N–H and O–H groups in total. The van der Waals surface area contributed by atoms with Gasteiger partial charge in [0, 0.05) is 12.2 Å². The number of H-pyrrole nitrogens is 1. The second-order valence-electron chi connectivity index (χ2n) is 5.69. The molecule has 2 heterocycles. The number of fused-ring (bicyclic) bond motifs is 1. The third-order valence-corrected chi connectivity index (χ3v) is 4.88. The maximum atomic E-state index is 11.7. The van der Waals surface area contributed by atoms with Crippen LogP contribution in [0.1, 0.15) is 25.3 Å². The Kier molecular flexibility index (Phi) is 5.08. The van der Waals surface area contributed by atoms with Crippen LogP contribution in [0, 0.1) is 0 Å². The Labute approximate surface area is 152 Å². The van der Waals surface area contributed by atoms with E-state index in [0.717, 1.165) is 0 Å². The Hall–Kier alpha value is -0.740. The van der Waals surface area contributed by atoms with Crippen LogP contribution in [0.15, 0.2) is 11.1 Å². The van der Waals surface area contributed by atoms with Gasteiger partial charge < -0.3 is 29.8 Å². The summed E-state index contributed by atoms with van der Waals surface area (Å²) in [6.07, 6.45) is 1.51. The Morgan fingerprint density at radius 1 is 1.61 bits per heavy atom. The van der Waals surface area contributed by atoms with Gasteiger partial charge in [0.2, 0.25) is 5.95 Å². The normalized spacial score (nSPS) is 26.8. The van der Waals surface area contributed by atoms with Crippen molar-refractivity contribution in [3.05, 3.63) is 16.7 Å². The molecule has 120 valence electrons. The number of rotatable bonds is 3. The smallest absolute Gasteiger partial charge is 0.779 e. The number of nitrogen functional groups attached to an aromatic ring is 1. The first kappa shape index (κ1) is 18.6. The zero-order chi connectivity index (χ0) is 16.1. The van der Waals surface area contributed by atoms with Gasteiger partial charge in [0.05, 0.1) is 11.9 Å². The van der Waals surface area contributed by atoms with Crippen LogP contribution in [0.25, 0.3) is 11.2 Å². The van der Waals surface area contributed by atoms with Crippen molar-refractivity contribution in [1.29, 1.82) is 0 Å². The maximum Gasteiger partial charge on any atom is 1.00 e. The Morgan fingerprint density at radius 3 is 2.96 bits per heavy atom. The van der Waals surface area contributed by atoms with E-state index in [9.17, 15) is 19.4 Å². The average Bonchev–Trinajstić information content (AvgIpc) is 2.90. The van der Waals surface area contributed by atoms with Gasteiger partial charge in [-0.25, -0.2) is 4.98 Å². The maximum absolute atomic E-state index is 11.7. The summed E-state index contributed by atoms with van der Waals surface area (Å²) in [6.45, 7) is 0. The number of aromatic nitrogens is 4. The molecule has 1 fully saturated rings. The first-order valence-electron chi connectivity index (χ1n) is 6.64. The average molecular weight is 351 g/mol. The van der Waals surface area contributed by atoms with Crippen molar-refractivity contribution in [2.75, 3.05) is 11.9 Å². The summed E-state index contributed by atoms with van der Waals surface area (Å²) in [5.74, 6) is -0.0491. The molecule has 2 aromatic heterocycles. The van der Waals surface area contributed by atoms with E-state index in [0.29, 0.717) is 6.42 Å². The summed E-state index contributed by atoms with van der Waals surface area (Å²) in [5, 5.41) is 10.3. The van der Waals surface area contributed by atoms with Gasteiger partial charge in [-0.3, -0.25) is 9.78 Å². The number of aliphatic hydroxyl groups is 1. The van der Waals surface area contributed by atoms with Crippen LogP contribution in [0.5, 0.6) is 0 Å². The Balaban J connectivity index is 0.00000192. The molecule has 0 aliphatic heterocycles. The fourth-order valence-electron chi connectivity index (χ4n) is 3.04. The second-order valence-corrected chi connectivity index (χ2v) is 7.28. The van der Waals surface area contributed by atoms with Crippen molar-refractivity contribution in [1.82, 2.24) is 19.5 Å². The van der Waals surface area contributed by atoms with Crippen molar-refractivity contribution in [2.45, 2.75) is 30.9 Å². The van der Waals surface area contributed by atoms with Gasteiger partial charge in [-0.15, -0.1) is 0 Å². The monoisotopic (exact) mass is 351 g/mol. The molecule has 3 rings (SSSR count). The number of nitrogens with two attached hydrogens (primary N) is 1. The van der Waals surface area contributed by atoms with Crippen LogP contribution < -0.4 is 45.7 Å². The van der Waals surface area contributed by atoms with E-state index in [1.807, 2.05) is 0 Å². The first-order valence-corrected chi connectivity index (χ1v) is 8.41. The number of hydrogen-bond donors (Lipinski definition) is 4. The molecule has 23 heavy (non-hydrogen) atoms. The molecule has 1 aliphatic rings. The zero-order valence-electron chi connectivity index (χ0n) is 12.5. The summed E-state index contributed by atoms with van der Waals surface area (Å²) < 4.78 is 12.6. The van der Waals surface area contributed by atoms with Gasteiger partial charge in [0.15, 0.2) is 11.2 Å². The Morgan fingerprint density at radius 2 is 2.30 bits per heavy atom. The van der Waals surface area contributed by atoms with Gasteiger partial charge in [0.1, 0.15) is 7.60 Å². The number of nitrogens with one attached hydrogen (secondary N) is 1. The molecule has 3 atom stereocenters. The van der Waals surface area contributed by atoms with Crippen molar-refractivity contribution in [3.63, 3.8) is 0 Å². The fourth-order valence-corrected chi connectivity index (χ4v) is 4.07. The molecule has 0 saturated heterocycles. The van der Waals surface area contributed by atoms with E-state index in [-0.39, 0.29) is 65.6 Å². The number of hydrogen-bond acceptors (Lipinski definition) is 7. The molecule has 12 heteroatoms. The fraction of sp³-hybridized carbons (Fsp3) is 0.545. The minimum absolute atomic E-state index is 0. The number of nitrogens with zero attached hydrogens (tertiary/aromatic N) is 3. The van der Waals surface area contributed by atoms with Crippen molar-refractivity contribution in [3.8, 4) is 0 Å². The molecule has 0 bridgehead atoms. The van der Waals surface area contributed by atoms with Gasteiger partial charge in [-0.2, -0.15) is 4.98 Å². The van der Waals surface area contributed by atoms with Gasteiger partial charge in [0.25, 0.3) is 5.56 Å². The summed E-state index contributed by atoms with van der Waals surface area (Å²) in [6, 6.07) is -0.282. The van der Waals surface area contributed by atoms with Crippen LogP contribution in [-0.2, 0) is 4.57 Å². The van der Waals surface area contributed by atoms with Crippen LogP contribution in [0.2, 0.25) is 0 Å². The van der Waals surface area contributed by atoms with E-state index >= 15 is 0 Å². The Bertz CT molecular complexity index is 832. The third kappa shape index (κ3) is 3.85. The quantitative estimate of drug-likeness (QED) is 0.318. The molecule has 2 aromatic rings. The summed E-state index contributed by atoms with van der Waals surface area (Å²) in [7, 11) is -4.56. The van der Waals surface area contributed by atoms with E-state index in [4.69, 9.17) is 10.6 Å². The van der Waals surface area contributed by atoms with Crippen molar-refractivity contribution in [2.24, 2.45) is 0 Å². The molecule has 10 nitrogen and oxygen atoms in total. The van der Waals surface area contributed by atoms with Gasteiger partial charge in [-0.1, -0.05) is 0 Å². The first-order chi connectivity index (χ1) is 10.2. The van der Waals surface area contributed by atoms with Crippen LogP contribution in [0.4, 0.5) is 5.95 Å². The molecular weight excluding hydrogens is 336 g/mol. The van der Waals surface area contributed by atoms with E-state index in [1.165, 1.54) is 6.33 Å². The number of aromatic amines is 1. The standard InChI is InChI=1S/C11H16N5O5P.Na/c12-10-14-8-7(9(17)15-10)13-5-16(8)6-1-2-11(18,3-6)4-22(19,20)21;/h5-6,18H,1-4H2,(H2,19,20,21)(H3,12,14,15,17);/q;+1/p-1/t6-,11+;/m0./s1. The number of imidazole rings is 1. The summed E-state index contributed by atoms with van der Waals surface area (Å²) in [4.78, 5) is 42.1. The van der Waals surface area contributed by atoms with Gasteiger partial charge >= 0.3 is 29.6 Å². The molecule has 0 amide bonds. The SMILES string of the molecule is Nc1nc2c(ncn2[C@H]2CC[C@](O)(CP(=O)([O-])O)C2)c(=O)[nH]1.[Na+]. The van der Waals surface area contributed by atoms with E-state index in [2.05, 4.69) is 15.0 Å². The van der Waals surface area contributed by atoms with Crippen LogP contribution >= 0.6 is 7.60 Å². The molecule has 0 spiro atoms. The van der Waals surface area contributed by atoms with Crippen LogP contribution in [0.3, 0.4) is 0 Å². The molecule has 1 saturated carbocycles. The van der Waals surface area contributed by atoms with Crippen LogP contribution in [-0.4, -0.2) is 41.3 Å². The van der Waals surface area contributed by atoms with Crippen molar-refractivity contribution < 1.29 is 49.0 Å². The van der Waals surface area contributed by atoms with E-state index in [1.54, 1.807) is 4.57 Å². The third-order valence-electron chi connectivity index (χ3n) is 3.90. The molecule has 1 unspecified atom stereocenters. The molecule has 0 aromatic carbocycles. The summed E-state index contributed by atoms with van der Waals surface area (Å²) in [5.41, 5.74) is 3.96. The molecule has 1 aliphatic carbocycles. The predicted molar refractivity (Wildman–Crippen MR) is 75.1 cm³/mol. The summed E-state index contributed by atoms with van der Waals surface area (Å²) >= 11 is 0. The molecular formula is C11H15N5NaO5P. The minimum Gasteiger partial charge on any atom is -0.779 e. The predicted octanol–water partition coefficient (Wildman–Crippen LogP) is -4.29. The van der Waals surface area contributed by atoms with E-state index < -0.39 is 24.9 Å². The zero-order valence-corrected chi connectivity index (χ0v) is 15.4. The van der Waals surface area contributed by atoms with Crippen molar-refractivity contribution >= 4 is 24.7 Å². The molecule has 0 radical (unpaired) electrons. The topological polar surface area (TPSA) is 170 Å². The minimum atomic E-state index is -4.56. The largest absolute Gasteiger partial charge is 1.00 e. The number of anilines is 1. The van der Waals surface area contributed by atoms with Gasteiger partial charge in [-0.05, 0) is 19.3 Å².